The zero-order valence-electron chi connectivity index (χ0n) is 10.1. The zero-order valence-corrected chi connectivity index (χ0v) is 13.0. The van der Waals surface area contributed by atoms with Crippen LogP contribution >= 0.6 is 35.0 Å². The summed E-state index contributed by atoms with van der Waals surface area (Å²) in [5, 5.41) is 0. The molecule has 1 aromatic carbocycles. The first-order chi connectivity index (χ1) is 7.39. The molecule has 0 amide bonds. The molecule has 0 aromatic heterocycles. The van der Waals surface area contributed by atoms with Crippen molar-refractivity contribution in [1.82, 2.24) is 0 Å². The van der Waals surface area contributed by atoms with Crippen LogP contribution in [0.1, 0.15) is 25.5 Å². The van der Waals surface area contributed by atoms with Crippen LogP contribution in [0.5, 0.6) is 0 Å². The highest BCUT2D eigenvalue weighted by Crippen LogP contribution is 2.32. The second-order valence-electron chi connectivity index (χ2n) is 4.24. The number of benzene rings is 1. The average Bonchev–Trinajstić information content (AvgIpc) is 2.28. The fourth-order valence-electron chi connectivity index (χ4n) is 1.48. The van der Waals surface area contributed by atoms with Crippen molar-refractivity contribution in [3.63, 3.8) is 0 Å². The minimum absolute atomic E-state index is 0. The molecule has 0 aliphatic carbocycles. The van der Waals surface area contributed by atoms with Gasteiger partial charge >= 0.3 is 5.97 Å². The molecule has 96 valence electrons. The summed E-state index contributed by atoms with van der Waals surface area (Å²) in [5.41, 5.74) is 6.32. The lowest BCUT2D eigenvalue weighted by molar-refractivity contribution is -0.152. The van der Waals surface area contributed by atoms with Crippen LogP contribution in [0, 0.1) is 8.99 Å². The highest BCUT2D eigenvalue weighted by atomic mass is 127. The van der Waals surface area contributed by atoms with Gasteiger partial charge in [0, 0.05) is 9.61 Å². The van der Waals surface area contributed by atoms with Crippen LogP contribution in [0.4, 0.5) is 0 Å². The van der Waals surface area contributed by atoms with Crippen LogP contribution in [-0.4, -0.2) is 13.1 Å². The first-order valence-corrected chi connectivity index (χ1v) is 6.07. The largest absolute Gasteiger partial charge is 0.469 e. The van der Waals surface area contributed by atoms with E-state index >= 15 is 0 Å². The number of methoxy groups -OCH3 is 1. The third kappa shape index (κ3) is 3.82. The Morgan fingerprint density at radius 2 is 1.82 bits per heavy atom. The highest BCUT2D eigenvalue weighted by molar-refractivity contribution is 14.1. The predicted molar refractivity (Wildman–Crippen MR) is 79.1 cm³/mol. The Morgan fingerprint density at radius 3 is 2.24 bits per heavy atom. The average molecular weight is 370 g/mol. The molecule has 0 aliphatic heterocycles. The number of esters is 1. The molecule has 1 rings (SSSR count). The summed E-state index contributed by atoms with van der Waals surface area (Å²) in [6.45, 7) is 3.59. The van der Waals surface area contributed by atoms with E-state index in [-0.39, 0.29) is 24.4 Å². The maximum Gasteiger partial charge on any atom is 0.313 e. The zero-order chi connectivity index (χ0) is 12.3. The third-order valence-electron chi connectivity index (χ3n) is 2.72. The standard InChI is InChI=1S/C12H16INO2.ClH/c1-12(2,11(15)16-3)10(14)8-4-6-9(13)7-5-8;/h4-7,10H,14H2,1-3H3;1H/t10-;/m1./s1. The van der Waals surface area contributed by atoms with Gasteiger partial charge in [-0.2, -0.15) is 0 Å². The summed E-state index contributed by atoms with van der Waals surface area (Å²) in [6.07, 6.45) is 0. The quantitative estimate of drug-likeness (QED) is 0.658. The molecular formula is C12H17ClINO2. The van der Waals surface area contributed by atoms with E-state index in [0.29, 0.717) is 0 Å². The SMILES string of the molecule is COC(=O)C(C)(C)[C@H](N)c1ccc(I)cc1.Cl. The number of ether oxygens (including phenoxy) is 1. The summed E-state index contributed by atoms with van der Waals surface area (Å²) < 4.78 is 5.90. The van der Waals surface area contributed by atoms with Gasteiger partial charge in [0.05, 0.1) is 12.5 Å². The van der Waals surface area contributed by atoms with Gasteiger partial charge in [0.15, 0.2) is 0 Å². The predicted octanol–water partition coefficient (Wildman–Crippen LogP) is 2.91. The van der Waals surface area contributed by atoms with Crippen molar-refractivity contribution in [2.45, 2.75) is 19.9 Å². The maximum absolute atomic E-state index is 11.6. The molecule has 17 heavy (non-hydrogen) atoms. The van der Waals surface area contributed by atoms with E-state index in [9.17, 15) is 4.79 Å². The Kier molecular flexibility index (Phi) is 6.43. The molecule has 0 radical (unpaired) electrons. The fourth-order valence-corrected chi connectivity index (χ4v) is 1.84. The van der Waals surface area contributed by atoms with Crippen LogP contribution in [0.2, 0.25) is 0 Å². The molecule has 0 fully saturated rings. The number of carbonyl (C=O) groups is 1. The molecule has 0 aliphatic rings. The Hall–Kier alpha value is -0.330. The van der Waals surface area contributed by atoms with Crippen molar-refractivity contribution in [2.24, 2.45) is 11.1 Å². The summed E-state index contributed by atoms with van der Waals surface area (Å²) in [6, 6.07) is 7.47. The van der Waals surface area contributed by atoms with Crippen LogP contribution in [0.25, 0.3) is 0 Å². The molecule has 0 saturated heterocycles. The second-order valence-corrected chi connectivity index (χ2v) is 5.49. The second kappa shape index (κ2) is 6.56. The summed E-state index contributed by atoms with van der Waals surface area (Å²) in [4.78, 5) is 11.6. The van der Waals surface area contributed by atoms with Gasteiger partial charge in [-0.05, 0) is 54.1 Å². The van der Waals surface area contributed by atoms with Gasteiger partial charge in [-0.1, -0.05) is 12.1 Å². The molecule has 0 unspecified atom stereocenters. The van der Waals surface area contributed by atoms with Crippen molar-refractivity contribution in [1.29, 1.82) is 0 Å². The van der Waals surface area contributed by atoms with Gasteiger partial charge in [-0.25, -0.2) is 0 Å². The number of hydrogen-bond acceptors (Lipinski definition) is 3. The Bertz CT molecular complexity index is 379. The van der Waals surface area contributed by atoms with Crippen LogP contribution in [-0.2, 0) is 9.53 Å². The van der Waals surface area contributed by atoms with Gasteiger partial charge in [0.2, 0.25) is 0 Å². The van der Waals surface area contributed by atoms with E-state index in [1.165, 1.54) is 7.11 Å². The molecule has 0 saturated carbocycles. The molecule has 0 spiro atoms. The van der Waals surface area contributed by atoms with Crippen molar-refractivity contribution < 1.29 is 9.53 Å². The monoisotopic (exact) mass is 369 g/mol. The lowest BCUT2D eigenvalue weighted by atomic mass is 9.81. The molecule has 0 bridgehead atoms. The van der Waals surface area contributed by atoms with Crippen LogP contribution < -0.4 is 5.73 Å². The first-order valence-electron chi connectivity index (χ1n) is 4.99. The third-order valence-corrected chi connectivity index (χ3v) is 3.44. The topological polar surface area (TPSA) is 52.3 Å². The van der Waals surface area contributed by atoms with Gasteiger partial charge in [0.1, 0.15) is 0 Å². The first kappa shape index (κ1) is 16.7. The minimum Gasteiger partial charge on any atom is -0.469 e. The lowest BCUT2D eigenvalue weighted by Gasteiger charge is -2.28. The van der Waals surface area contributed by atoms with E-state index in [1.54, 1.807) is 13.8 Å². The van der Waals surface area contributed by atoms with E-state index in [0.717, 1.165) is 9.13 Å². The molecule has 1 atom stereocenters. The van der Waals surface area contributed by atoms with E-state index < -0.39 is 5.41 Å². The molecular weight excluding hydrogens is 352 g/mol. The highest BCUT2D eigenvalue weighted by Gasteiger charge is 2.36. The molecule has 5 heteroatoms. The lowest BCUT2D eigenvalue weighted by Crippen LogP contribution is -2.37. The molecule has 2 N–H and O–H groups in total. The summed E-state index contributed by atoms with van der Waals surface area (Å²) in [7, 11) is 1.38. The summed E-state index contributed by atoms with van der Waals surface area (Å²) >= 11 is 2.23. The van der Waals surface area contributed by atoms with Gasteiger partial charge in [0.25, 0.3) is 0 Å². The van der Waals surface area contributed by atoms with Gasteiger partial charge in [-0.3, -0.25) is 4.79 Å². The van der Waals surface area contributed by atoms with Gasteiger partial charge < -0.3 is 10.5 Å². The van der Waals surface area contributed by atoms with Crippen LogP contribution in [0.3, 0.4) is 0 Å². The smallest absolute Gasteiger partial charge is 0.313 e. The number of carbonyl (C=O) groups excluding carboxylic acids is 1. The van der Waals surface area contributed by atoms with E-state index in [2.05, 4.69) is 22.6 Å². The maximum atomic E-state index is 11.6. The van der Waals surface area contributed by atoms with E-state index in [4.69, 9.17) is 10.5 Å². The Balaban J connectivity index is 0.00000256. The van der Waals surface area contributed by atoms with Crippen molar-refractivity contribution in [2.75, 3.05) is 7.11 Å². The number of rotatable bonds is 3. The number of hydrogen-bond donors (Lipinski definition) is 1. The van der Waals surface area contributed by atoms with Gasteiger partial charge in [-0.15, -0.1) is 12.4 Å². The Labute approximate surface area is 122 Å². The molecule has 0 heterocycles. The molecule has 1 aromatic rings. The fraction of sp³-hybridized carbons (Fsp3) is 0.417. The van der Waals surface area contributed by atoms with Crippen LogP contribution in [0.15, 0.2) is 24.3 Å². The minimum atomic E-state index is -0.721. The normalized spacial score (nSPS) is 12.5. The molecule has 3 nitrogen and oxygen atoms in total. The Morgan fingerprint density at radius 1 is 1.35 bits per heavy atom. The van der Waals surface area contributed by atoms with E-state index in [1.807, 2.05) is 24.3 Å². The van der Waals surface area contributed by atoms with Crippen molar-refractivity contribution >= 4 is 41.0 Å². The number of nitrogens with two attached hydrogens (primary N) is 1. The van der Waals surface area contributed by atoms with Crippen molar-refractivity contribution in [3.8, 4) is 0 Å². The van der Waals surface area contributed by atoms with Crippen molar-refractivity contribution in [3.05, 3.63) is 33.4 Å². The number of halogens is 2. The summed E-state index contributed by atoms with van der Waals surface area (Å²) in [5.74, 6) is -0.293.